The van der Waals surface area contributed by atoms with E-state index in [4.69, 9.17) is 0 Å². The van der Waals surface area contributed by atoms with Crippen LogP contribution >= 0.6 is 11.8 Å². The summed E-state index contributed by atoms with van der Waals surface area (Å²) in [5, 5.41) is 9.31. The van der Waals surface area contributed by atoms with Crippen molar-refractivity contribution < 1.29 is 14.7 Å². The number of urea groups is 1. The Labute approximate surface area is 125 Å². The summed E-state index contributed by atoms with van der Waals surface area (Å²) in [6.07, 6.45) is 3.73. The topological polar surface area (TPSA) is 60.9 Å². The van der Waals surface area contributed by atoms with E-state index >= 15 is 0 Å². The first kappa shape index (κ1) is 17.1. The quantitative estimate of drug-likeness (QED) is 0.819. The maximum absolute atomic E-state index is 12.6. The van der Waals surface area contributed by atoms with Crippen molar-refractivity contribution in [1.82, 2.24) is 9.80 Å². The predicted molar refractivity (Wildman–Crippen MR) is 81.9 cm³/mol. The first-order chi connectivity index (χ1) is 9.43. The Morgan fingerprint density at radius 2 is 2.05 bits per heavy atom. The molecule has 0 aromatic rings. The van der Waals surface area contributed by atoms with Crippen molar-refractivity contribution in [1.29, 1.82) is 0 Å². The lowest BCUT2D eigenvalue weighted by Crippen LogP contribution is -2.52. The number of thioether (sulfide) groups is 1. The van der Waals surface area contributed by atoms with Gasteiger partial charge in [-0.3, -0.25) is 4.90 Å². The lowest BCUT2D eigenvalue weighted by molar-refractivity contribution is -0.141. The summed E-state index contributed by atoms with van der Waals surface area (Å²) in [6.45, 7) is 6.15. The van der Waals surface area contributed by atoms with Crippen LogP contribution in [0.15, 0.2) is 0 Å². The summed E-state index contributed by atoms with van der Waals surface area (Å²) in [5.41, 5.74) is 0. The van der Waals surface area contributed by atoms with Gasteiger partial charge in [-0.2, -0.15) is 0 Å². The van der Waals surface area contributed by atoms with Crippen LogP contribution in [-0.4, -0.2) is 57.2 Å². The van der Waals surface area contributed by atoms with Gasteiger partial charge in [-0.25, -0.2) is 9.59 Å². The molecule has 0 aromatic heterocycles. The van der Waals surface area contributed by atoms with Crippen molar-refractivity contribution in [2.75, 3.05) is 12.8 Å². The van der Waals surface area contributed by atoms with Crippen LogP contribution in [0.25, 0.3) is 0 Å². The second-order valence-corrected chi connectivity index (χ2v) is 6.58. The normalized spacial score (nSPS) is 23.7. The zero-order valence-corrected chi connectivity index (χ0v) is 13.7. The molecule has 2 amide bonds. The molecule has 20 heavy (non-hydrogen) atoms. The summed E-state index contributed by atoms with van der Waals surface area (Å²) in [7, 11) is 1.77. The van der Waals surface area contributed by atoms with Crippen LogP contribution in [0.5, 0.6) is 0 Å². The summed E-state index contributed by atoms with van der Waals surface area (Å²) >= 11 is 1.58. The molecule has 116 valence electrons. The lowest BCUT2D eigenvalue weighted by Gasteiger charge is -2.34. The number of hydrogen-bond acceptors (Lipinski definition) is 3. The molecule has 1 fully saturated rings. The Kier molecular flexibility index (Phi) is 6.65. The highest BCUT2D eigenvalue weighted by Crippen LogP contribution is 2.33. The van der Waals surface area contributed by atoms with Crippen molar-refractivity contribution in [3.05, 3.63) is 0 Å². The van der Waals surface area contributed by atoms with Gasteiger partial charge < -0.3 is 10.0 Å². The molecule has 6 heteroatoms. The van der Waals surface area contributed by atoms with E-state index < -0.39 is 12.0 Å². The van der Waals surface area contributed by atoms with Gasteiger partial charge in [0.15, 0.2) is 0 Å². The molecule has 0 saturated carbocycles. The number of rotatable bonds is 6. The van der Waals surface area contributed by atoms with Crippen LogP contribution in [0.2, 0.25) is 0 Å². The molecule has 0 aromatic carbocycles. The monoisotopic (exact) mass is 302 g/mol. The molecule has 0 aliphatic carbocycles. The highest BCUT2D eigenvalue weighted by Gasteiger charge is 2.42. The molecule has 1 saturated heterocycles. The first-order valence-corrected chi connectivity index (χ1v) is 8.38. The number of carbonyl (C=O) groups excluding carboxylic acids is 1. The van der Waals surface area contributed by atoms with Crippen molar-refractivity contribution in [2.45, 2.75) is 63.9 Å². The van der Waals surface area contributed by atoms with Gasteiger partial charge in [-0.1, -0.05) is 26.7 Å². The molecule has 1 heterocycles. The maximum Gasteiger partial charge on any atom is 0.327 e. The number of amides is 2. The standard InChI is InChI=1S/C14H26N2O3S/c1-5-7-10(3)15(4)14(19)16-11(13(17)18)9-20-12(16)8-6-2/h10-12H,5-9H2,1-4H3,(H,17,18). The van der Waals surface area contributed by atoms with Gasteiger partial charge in [0, 0.05) is 18.8 Å². The molecule has 0 radical (unpaired) electrons. The zero-order chi connectivity index (χ0) is 15.3. The van der Waals surface area contributed by atoms with Crippen LogP contribution in [0.1, 0.15) is 46.5 Å². The Balaban J connectivity index is 2.85. The maximum atomic E-state index is 12.6. The first-order valence-electron chi connectivity index (χ1n) is 7.33. The smallest absolute Gasteiger partial charge is 0.327 e. The largest absolute Gasteiger partial charge is 0.480 e. The van der Waals surface area contributed by atoms with Gasteiger partial charge in [0.25, 0.3) is 0 Å². The molecule has 3 atom stereocenters. The molecule has 1 rings (SSSR count). The fourth-order valence-electron chi connectivity index (χ4n) is 2.46. The number of nitrogens with zero attached hydrogens (tertiary/aromatic N) is 2. The second kappa shape index (κ2) is 7.76. The highest BCUT2D eigenvalue weighted by molar-refractivity contribution is 8.00. The number of carboxylic acids is 1. The van der Waals surface area contributed by atoms with E-state index in [0.717, 1.165) is 25.7 Å². The summed E-state index contributed by atoms with van der Waals surface area (Å²) in [5.74, 6) is -0.414. The summed E-state index contributed by atoms with van der Waals surface area (Å²) in [6, 6.07) is -0.711. The van der Waals surface area contributed by atoms with Crippen LogP contribution in [0.4, 0.5) is 4.79 Å². The highest BCUT2D eigenvalue weighted by atomic mass is 32.2. The van der Waals surface area contributed by atoms with Gasteiger partial charge in [0.05, 0.1) is 5.37 Å². The average molecular weight is 302 g/mol. The van der Waals surface area contributed by atoms with Gasteiger partial charge in [-0.15, -0.1) is 11.8 Å². The van der Waals surface area contributed by atoms with Crippen LogP contribution in [-0.2, 0) is 4.79 Å². The molecular weight excluding hydrogens is 276 g/mol. The minimum Gasteiger partial charge on any atom is -0.480 e. The average Bonchev–Trinajstić information content (AvgIpc) is 2.81. The Morgan fingerprint density at radius 1 is 1.40 bits per heavy atom. The number of carboxylic acid groups (broad SMARTS) is 1. The molecular formula is C14H26N2O3S. The summed E-state index contributed by atoms with van der Waals surface area (Å²) < 4.78 is 0. The van der Waals surface area contributed by atoms with Crippen LogP contribution in [0.3, 0.4) is 0 Å². The van der Waals surface area contributed by atoms with E-state index in [-0.39, 0.29) is 17.4 Å². The molecule has 1 aliphatic rings. The van der Waals surface area contributed by atoms with Crippen molar-refractivity contribution in [2.24, 2.45) is 0 Å². The molecule has 0 bridgehead atoms. The minimum absolute atomic E-state index is 0.00937. The third kappa shape index (κ3) is 3.81. The van der Waals surface area contributed by atoms with E-state index in [9.17, 15) is 14.7 Å². The number of aliphatic carboxylic acids is 1. The van der Waals surface area contributed by atoms with Crippen molar-refractivity contribution in [3.63, 3.8) is 0 Å². The van der Waals surface area contributed by atoms with Gasteiger partial charge in [-0.05, 0) is 19.8 Å². The third-order valence-electron chi connectivity index (χ3n) is 3.80. The van der Waals surface area contributed by atoms with Gasteiger partial charge in [0.1, 0.15) is 6.04 Å². The molecule has 1 N–H and O–H groups in total. The van der Waals surface area contributed by atoms with Crippen LogP contribution in [0, 0.1) is 0 Å². The van der Waals surface area contributed by atoms with Crippen molar-refractivity contribution >= 4 is 23.8 Å². The van der Waals surface area contributed by atoms with E-state index in [1.54, 1.807) is 28.6 Å². The van der Waals surface area contributed by atoms with E-state index in [0.29, 0.717) is 5.75 Å². The van der Waals surface area contributed by atoms with Crippen LogP contribution < -0.4 is 0 Å². The predicted octanol–water partition coefficient (Wildman–Crippen LogP) is 2.86. The minimum atomic E-state index is -0.902. The molecule has 0 spiro atoms. The molecule has 3 unspecified atom stereocenters. The summed E-state index contributed by atoms with van der Waals surface area (Å²) in [4.78, 5) is 27.3. The number of carbonyl (C=O) groups is 2. The number of hydrogen-bond donors (Lipinski definition) is 1. The zero-order valence-electron chi connectivity index (χ0n) is 12.8. The van der Waals surface area contributed by atoms with E-state index in [2.05, 4.69) is 13.8 Å². The van der Waals surface area contributed by atoms with E-state index in [1.807, 2.05) is 6.92 Å². The second-order valence-electron chi connectivity index (χ2n) is 5.37. The fourth-order valence-corrected chi connectivity index (χ4v) is 3.97. The third-order valence-corrected chi connectivity index (χ3v) is 5.16. The van der Waals surface area contributed by atoms with Gasteiger partial charge >= 0.3 is 12.0 Å². The van der Waals surface area contributed by atoms with E-state index in [1.165, 1.54) is 0 Å². The van der Waals surface area contributed by atoms with Gasteiger partial charge in [0.2, 0.25) is 0 Å². The molecule has 5 nitrogen and oxygen atoms in total. The van der Waals surface area contributed by atoms with Crippen molar-refractivity contribution in [3.8, 4) is 0 Å². The SMILES string of the molecule is CCCC(C)N(C)C(=O)N1C(CCC)SCC1C(=O)O. The fraction of sp³-hybridized carbons (Fsp3) is 0.857. The Bertz CT molecular complexity index is 351. The lowest BCUT2D eigenvalue weighted by atomic mass is 10.2. The molecule has 1 aliphatic heterocycles. The Morgan fingerprint density at radius 3 is 2.55 bits per heavy atom. The Hall–Kier alpha value is -0.910.